The van der Waals surface area contributed by atoms with Crippen LogP contribution in [0.5, 0.6) is 0 Å². The molecule has 1 N–H and O–H groups in total. The maximum atomic E-state index is 12.5. The van der Waals surface area contributed by atoms with Crippen LogP contribution in [0.4, 0.5) is 8.78 Å². The highest BCUT2D eigenvalue weighted by Gasteiger charge is 2.18. The molecule has 1 heterocycles. The van der Waals surface area contributed by atoms with Gasteiger partial charge in [0.1, 0.15) is 9.88 Å². The number of carbonyl (C=O) groups is 1. The summed E-state index contributed by atoms with van der Waals surface area (Å²) in [5.41, 5.74) is 0.850. The number of hydrogen-bond acceptors (Lipinski definition) is 4. The number of nitrogens with zero attached hydrogens (tertiary/aromatic N) is 1. The van der Waals surface area contributed by atoms with Gasteiger partial charge in [-0.1, -0.05) is 24.3 Å². The lowest BCUT2D eigenvalue weighted by molar-refractivity contribution is 0.0697. The fourth-order valence-electron chi connectivity index (χ4n) is 1.65. The molecule has 2 rings (SSSR count). The van der Waals surface area contributed by atoms with Crippen LogP contribution in [0.25, 0.3) is 10.6 Å². The summed E-state index contributed by atoms with van der Waals surface area (Å²) < 4.78 is 29.8. The lowest BCUT2D eigenvalue weighted by Crippen LogP contribution is -1.99. The minimum Gasteiger partial charge on any atom is -0.477 e. The molecule has 0 saturated carbocycles. The van der Waals surface area contributed by atoms with Crippen LogP contribution in [0.3, 0.4) is 0 Å². The Morgan fingerprint density at radius 2 is 2.05 bits per heavy atom. The number of alkyl halides is 2. The number of thiazole rings is 1. The molecule has 0 bridgehead atoms. The minimum atomic E-state index is -2.53. The van der Waals surface area contributed by atoms with E-state index < -0.39 is 12.4 Å². The molecule has 0 unspecified atom stereocenters. The molecule has 7 heteroatoms. The third-order valence-electron chi connectivity index (χ3n) is 2.58. The maximum absolute atomic E-state index is 12.5. The number of aromatic carboxylic acids is 1. The van der Waals surface area contributed by atoms with Crippen molar-refractivity contribution < 1.29 is 23.4 Å². The summed E-state index contributed by atoms with van der Waals surface area (Å²) in [6.45, 7) is 0.0905. The minimum absolute atomic E-state index is 0.0825. The van der Waals surface area contributed by atoms with Gasteiger partial charge in [-0.25, -0.2) is 18.6 Å². The molecule has 4 nitrogen and oxygen atoms in total. The van der Waals surface area contributed by atoms with Crippen molar-refractivity contribution in [2.75, 3.05) is 7.11 Å². The summed E-state index contributed by atoms with van der Waals surface area (Å²) in [5, 5.41) is 9.55. The Kier molecular flexibility index (Phi) is 4.41. The van der Waals surface area contributed by atoms with Crippen molar-refractivity contribution in [2.24, 2.45) is 0 Å². The first kappa shape index (κ1) is 14.5. The van der Waals surface area contributed by atoms with E-state index in [9.17, 15) is 13.6 Å². The SMILES string of the molecule is COCc1nc(-c2ccc(C(F)F)cc2)sc1C(=O)O. The Balaban J connectivity index is 2.37. The van der Waals surface area contributed by atoms with Gasteiger partial charge in [0.05, 0.1) is 12.3 Å². The summed E-state index contributed by atoms with van der Waals surface area (Å²) >= 11 is 0.997. The normalized spacial score (nSPS) is 11.0. The van der Waals surface area contributed by atoms with Gasteiger partial charge in [0.15, 0.2) is 0 Å². The summed E-state index contributed by atoms with van der Waals surface area (Å²) in [5.74, 6) is -1.08. The highest BCUT2D eigenvalue weighted by atomic mass is 32.1. The first-order valence-electron chi connectivity index (χ1n) is 5.63. The van der Waals surface area contributed by atoms with E-state index in [1.54, 1.807) is 0 Å². The molecule has 0 atom stereocenters. The van der Waals surface area contributed by atoms with Crippen molar-refractivity contribution in [1.82, 2.24) is 4.98 Å². The zero-order chi connectivity index (χ0) is 14.7. The maximum Gasteiger partial charge on any atom is 0.347 e. The summed E-state index contributed by atoms with van der Waals surface area (Å²) in [6, 6.07) is 5.61. The molecule has 106 valence electrons. The molecule has 20 heavy (non-hydrogen) atoms. The Bertz CT molecular complexity index is 611. The van der Waals surface area contributed by atoms with Crippen LogP contribution < -0.4 is 0 Å². The second kappa shape index (κ2) is 6.06. The third-order valence-corrected chi connectivity index (χ3v) is 3.72. The Labute approximate surface area is 117 Å². The monoisotopic (exact) mass is 299 g/mol. The summed E-state index contributed by atoms with van der Waals surface area (Å²) in [7, 11) is 1.45. The fourth-order valence-corrected chi connectivity index (χ4v) is 2.56. The molecule has 1 aromatic heterocycles. The number of carboxylic acid groups (broad SMARTS) is 1. The first-order chi connectivity index (χ1) is 9.52. The summed E-state index contributed by atoms with van der Waals surface area (Å²) in [4.78, 5) is 15.4. The van der Waals surface area contributed by atoms with E-state index in [0.29, 0.717) is 16.3 Å². The van der Waals surface area contributed by atoms with Crippen molar-refractivity contribution in [3.63, 3.8) is 0 Å². The third kappa shape index (κ3) is 3.00. The van der Waals surface area contributed by atoms with Crippen LogP contribution in [0.2, 0.25) is 0 Å². The lowest BCUT2D eigenvalue weighted by Gasteiger charge is -2.00. The number of rotatable bonds is 5. The van der Waals surface area contributed by atoms with Gasteiger partial charge < -0.3 is 9.84 Å². The topological polar surface area (TPSA) is 59.4 Å². The number of halogens is 2. The zero-order valence-electron chi connectivity index (χ0n) is 10.5. The van der Waals surface area contributed by atoms with Crippen LogP contribution in [0.1, 0.15) is 27.4 Å². The molecule has 1 aromatic carbocycles. The van der Waals surface area contributed by atoms with Crippen LogP contribution in [0, 0.1) is 0 Å². The number of aromatic nitrogens is 1. The molecule has 0 aliphatic carbocycles. The fraction of sp³-hybridized carbons (Fsp3) is 0.231. The van der Waals surface area contributed by atoms with Crippen LogP contribution in [-0.2, 0) is 11.3 Å². The molecule has 0 aliphatic rings. The van der Waals surface area contributed by atoms with E-state index in [-0.39, 0.29) is 17.0 Å². The number of methoxy groups -OCH3 is 1. The highest BCUT2D eigenvalue weighted by molar-refractivity contribution is 7.17. The smallest absolute Gasteiger partial charge is 0.347 e. The van der Waals surface area contributed by atoms with E-state index in [4.69, 9.17) is 9.84 Å². The Morgan fingerprint density at radius 1 is 1.40 bits per heavy atom. The standard InChI is InChI=1S/C13H11F2NO3S/c1-19-6-9-10(13(17)18)20-12(16-9)8-4-2-7(3-5-8)11(14)15/h2-5,11H,6H2,1H3,(H,17,18). The van der Waals surface area contributed by atoms with Gasteiger partial charge in [0.2, 0.25) is 0 Å². The largest absolute Gasteiger partial charge is 0.477 e. The second-order valence-corrected chi connectivity index (χ2v) is 4.95. The Morgan fingerprint density at radius 3 is 2.55 bits per heavy atom. The highest BCUT2D eigenvalue weighted by Crippen LogP contribution is 2.30. The van der Waals surface area contributed by atoms with E-state index in [1.165, 1.54) is 31.4 Å². The van der Waals surface area contributed by atoms with E-state index in [0.717, 1.165) is 11.3 Å². The van der Waals surface area contributed by atoms with Crippen LogP contribution >= 0.6 is 11.3 Å². The van der Waals surface area contributed by atoms with Gasteiger partial charge in [0, 0.05) is 18.2 Å². The van der Waals surface area contributed by atoms with Crippen molar-refractivity contribution in [3.05, 3.63) is 40.4 Å². The predicted molar refractivity (Wildman–Crippen MR) is 70.2 cm³/mol. The van der Waals surface area contributed by atoms with E-state index >= 15 is 0 Å². The molecule has 0 saturated heterocycles. The van der Waals surface area contributed by atoms with Crippen molar-refractivity contribution in [3.8, 4) is 10.6 Å². The van der Waals surface area contributed by atoms with E-state index in [2.05, 4.69) is 4.98 Å². The molecule has 0 radical (unpaired) electrons. The first-order valence-corrected chi connectivity index (χ1v) is 6.45. The number of carboxylic acids is 1. The quantitative estimate of drug-likeness (QED) is 0.916. The molecule has 0 spiro atoms. The zero-order valence-corrected chi connectivity index (χ0v) is 11.3. The average molecular weight is 299 g/mol. The molecule has 0 aliphatic heterocycles. The second-order valence-electron chi connectivity index (χ2n) is 3.96. The van der Waals surface area contributed by atoms with Gasteiger partial charge in [-0.15, -0.1) is 11.3 Å². The lowest BCUT2D eigenvalue weighted by atomic mass is 10.1. The van der Waals surface area contributed by atoms with Gasteiger partial charge in [-0.3, -0.25) is 0 Å². The van der Waals surface area contributed by atoms with Crippen LogP contribution in [0.15, 0.2) is 24.3 Å². The molecule has 2 aromatic rings. The van der Waals surface area contributed by atoms with Gasteiger partial charge >= 0.3 is 5.97 Å². The molecular weight excluding hydrogens is 288 g/mol. The number of ether oxygens (including phenoxy) is 1. The van der Waals surface area contributed by atoms with Crippen molar-refractivity contribution in [2.45, 2.75) is 13.0 Å². The van der Waals surface area contributed by atoms with E-state index in [1.807, 2.05) is 0 Å². The average Bonchev–Trinajstić information content (AvgIpc) is 2.83. The predicted octanol–water partition coefficient (Wildman–Crippen LogP) is 3.59. The Hall–Kier alpha value is -1.86. The molecule has 0 fully saturated rings. The van der Waals surface area contributed by atoms with Gasteiger partial charge in [-0.05, 0) is 0 Å². The summed E-state index contributed by atoms with van der Waals surface area (Å²) in [6.07, 6.45) is -2.53. The van der Waals surface area contributed by atoms with Gasteiger partial charge in [-0.2, -0.15) is 0 Å². The van der Waals surface area contributed by atoms with Crippen molar-refractivity contribution in [1.29, 1.82) is 0 Å². The van der Waals surface area contributed by atoms with Crippen molar-refractivity contribution >= 4 is 17.3 Å². The number of hydrogen-bond donors (Lipinski definition) is 1. The number of benzene rings is 1. The van der Waals surface area contributed by atoms with Crippen LogP contribution in [-0.4, -0.2) is 23.2 Å². The molecule has 0 amide bonds. The van der Waals surface area contributed by atoms with Gasteiger partial charge in [0.25, 0.3) is 6.43 Å². The molecular formula is C13H11F2NO3S.